The smallest absolute Gasteiger partial charge is 0.342 e. The number of benzene rings is 2. The van der Waals surface area contributed by atoms with E-state index < -0.39 is 5.97 Å². The van der Waals surface area contributed by atoms with E-state index in [2.05, 4.69) is 10.2 Å². The maximum atomic E-state index is 11.7. The molecule has 0 aliphatic carbocycles. The molecular weight excluding hydrogens is 404 g/mol. The predicted molar refractivity (Wildman–Crippen MR) is 106 cm³/mol. The van der Waals surface area contributed by atoms with Crippen molar-refractivity contribution in [2.45, 2.75) is 5.22 Å². The van der Waals surface area contributed by atoms with E-state index in [-0.39, 0.29) is 16.0 Å². The fourth-order valence-corrected chi connectivity index (χ4v) is 3.08. The van der Waals surface area contributed by atoms with Gasteiger partial charge in [0.15, 0.2) is 11.5 Å². The molecule has 0 aliphatic rings. The molecule has 1 heterocycles. The van der Waals surface area contributed by atoms with Crippen molar-refractivity contribution in [2.24, 2.45) is 0 Å². The number of aliphatic carboxylic acids is 1. The van der Waals surface area contributed by atoms with E-state index in [1.165, 1.54) is 20.3 Å². The van der Waals surface area contributed by atoms with Gasteiger partial charge in [0.05, 0.1) is 14.2 Å². The molecule has 28 heavy (non-hydrogen) atoms. The van der Waals surface area contributed by atoms with Gasteiger partial charge >= 0.3 is 5.97 Å². The first-order valence-electron chi connectivity index (χ1n) is 7.94. The first-order chi connectivity index (χ1) is 13.5. The van der Waals surface area contributed by atoms with Gasteiger partial charge < -0.3 is 19.0 Å². The van der Waals surface area contributed by atoms with Crippen molar-refractivity contribution in [3.8, 4) is 23.0 Å². The summed E-state index contributed by atoms with van der Waals surface area (Å²) >= 11 is 6.72. The van der Waals surface area contributed by atoms with Gasteiger partial charge in [0, 0.05) is 10.6 Å². The number of ether oxygens (including phenoxy) is 2. The lowest BCUT2D eigenvalue weighted by Gasteiger charge is -2.08. The van der Waals surface area contributed by atoms with E-state index in [9.17, 15) is 9.90 Å². The highest BCUT2D eigenvalue weighted by Crippen LogP contribution is 2.32. The second kappa shape index (κ2) is 8.81. The summed E-state index contributed by atoms with van der Waals surface area (Å²) in [4.78, 5) is 11.7. The second-order valence-corrected chi connectivity index (χ2v) is 6.84. The molecule has 0 aliphatic heterocycles. The SMILES string of the molecule is COc1ccc(/C=C(\Sc2nnc(-c3ccc(Cl)cc3)o2)C(=O)O)cc1OC. The minimum absolute atomic E-state index is 0.0125. The number of nitrogens with zero attached hydrogens (tertiary/aromatic N) is 2. The third kappa shape index (κ3) is 4.65. The molecule has 0 unspecified atom stereocenters. The highest BCUT2D eigenvalue weighted by atomic mass is 35.5. The highest BCUT2D eigenvalue weighted by molar-refractivity contribution is 8.03. The molecule has 0 saturated heterocycles. The third-order valence-corrected chi connectivity index (χ3v) is 4.72. The standard InChI is InChI=1S/C19H15ClN2O5S/c1-25-14-8-3-11(9-15(14)26-2)10-16(18(23)24)28-19-22-21-17(27-19)12-4-6-13(20)7-5-12/h3-10H,1-2H3,(H,23,24)/b16-10-. The maximum absolute atomic E-state index is 11.7. The van der Waals surface area contributed by atoms with Gasteiger partial charge in [-0.3, -0.25) is 0 Å². The average molecular weight is 419 g/mol. The molecule has 0 saturated carbocycles. The van der Waals surface area contributed by atoms with Crippen LogP contribution in [0.1, 0.15) is 5.56 Å². The molecule has 0 atom stereocenters. The largest absolute Gasteiger partial charge is 0.493 e. The van der Waals surface area contributed by atoms with Gasteiger partial charge in [0.2, 0.25) is 5.89 Å². The van der Waals surface area contributed by atoms with Gasteiger partial charge in [-0.1, -0.05) is 17.7 Å². The molecule has 2 aromatic carbocycles. The number of carboxylic acid groups (broad SMARTS) is 1. The number of carboxylic acids is 1. The molecule has 0 bridgehead atoms. The Kier molecular flexibility index (Phi) is 6.23. The van der Waals surface area contributed by atoms with Crippen LogP contribution in [0.3, 0.4) is 0 Å². The number of carbonyl (C=O) groups is 1. The van der Waals surface area contributed by atoms with Crippen LogP contribution in [0.15, 0.2) is 57.0 Å². The Labute approximate surface area is 169 Å². The number of methoxy groups -OCH3 is 2. The quantitative estimate of drug-likeness (QED) is 0.438. The Bertz CT molecular complexity index is 1020. The van der Waals surface area contributed by atoms with E-state index in [0.29, 0.717) is 27.6 Å². The van der Waals surface area contributed by atoms with E-state index in [4.69, 9.17) is 25.5 Å². The van der Waals surface area contributed by atoms with Crippen molar-refractivity contribution in [3.63, 3.8) is 0 Å². The normalized spacial score (nSPS) is 11.3. The zero-order chi connectivity index (χ0) is 20.1. The molecule has 0 spiro atoms. The summed E-state index contributed by atoms with van der Waals surface area (Å²) in [5, 5.41) is 18.1. The molecule has 3 rings (SSSR count). The summed E-state index contributed by atoms with van der Waals surface area (Å²) in [7, 11) is 3.04. The summed E-state index contributed by atoms with van der Waals surface area (Å²) in [6.45, 7) is 0. The summed E-state index contributed by atoms with van der Waals surface area (Å²) in [5.74, 6) is 0.198. The van der Waals surface area contributed by atoms with Gasteiger partial charge in [-0.05, 0) is 59.8 Å². The van der Waals surface area contributed by atoms with Gasteiger partial charge in [0.25, 0.3) is 5.22 Å². The molecule has 0 amide bonds. The topological polar surface area (TPSA) is 94.7 Å². The number of hydrogen-bond donors (Lipinski definition) is 1. The van der Waals surface area contributed by atoms with Crippen molar-refractivity contribution in [1.82, 2.24) is 10.2 Å². The molecule has 0 radical (unpaired) electrons. The van der Waals surface area contributed by atoms with Crippen LogP contribution >= 0.6 is 23.4 Å². The van der Waals surface area contributed by atoms with Crippen LogP contribution in [-0.2, 0) is 4.79 Å². The Hall–Kier alpha value is -2.97. The van der Waals surface area contributed by atoms with Crippen molar-refractivity contribution in [1.29, 1.82) is 0 Å². The first kappa shape index (κ1) is 19.8. The van der Waals surface area contributed by atoms with Crippen molar-refractivity contribution >= 4 is 35.4 Å². The molecule has 1 aromatic heterocycles. The lowest BCUT2D eigenvalue weighted by atomic mass is 10.2. The lowest BCUT2D eigenvalue weighted by Crippen LogP contribution is -1.97. The molecular formula is C19H15ClN2O5S. The Morgan fingerprint density at radius 2 is 1.82 bits per heavy atom. The van der Waals surface area contributed by atoms with Gasteiger partial charge in [0.1, 0.15) is 4.91 Å². The Morgan fingerprint density at radius 3 is 2.46 bits per heavy atom. The average Bonchev–Trinajstić information content (AvgIpc) is 3.16. The van der Waals surface area contributed by atoms with Crippen molar-refractivity contribution in [2.75, 3.05) is 14.2 Å². The van der Waals surface area contributed by atoms with Crippen LogP contribution in [0.2, 0.25) is 5.02 Å². The Balaban J connectivity index is 1.85. The second-order valence-electron chi connectivity index (χ2n) is 5.41. The van der Waals surface area contributed by atoms with Crippen molar-refractivity contribution < 1.29 is 23.8 Å². The summed E-state index contributed by atoms with van der Waals surface area (Å²) in [6, 6.07) is 12.0. The van der Waals surface area contributed by atoms with Crippen LogP contribution in [0.4, 0.5) is 0 Å². The zero-order valence-electron chi connectivity index (χ0n) is 14.9. The predicted octanol–water partition coefficient (Wildman–Crippen LogP) is 4.63. The number of rotatable bonds is 7. The molecule has 9 heteroatoms. The third-order valence-electron chi connectivity index (χ3n) is 3.61. The lowest BCUT2D eigenvalue weighted by molar-refractivity contribution is -0.131. The minimum Gasteiger partial charge on any atom is -0.493 e. The zero-order valence-corrected chi connectivity index (χ0v) is 16.5. The van der Waals surface area contributed by atoms with E-state index in [1.54, 1.807) is 42.5 Å². The highest BCUT2D eigenvalue weighted by Gasteiger charge is 2.16. The molecule has 3 aromatic rings. The van der Waals surface area contributed by atoms with E-state index >= 15 is 0 Å². The van der Waals surface area contributed by atoms with Crippen LogP contribution in [0.25, 0.3) is 17.5 Å². The fourth-order valence-electron chi connectivity index (χ4n) is 2.28. The summed E-state index contributed by atoms with van der Waals surface area (Å²) in [6.07, 6.45) is 1.49. The molecule has 1 N–H and O–H groups in total. The molecule has 0 fully saturated rings. The van der Waals surface area contributed by atoms with Gasteiger partial charge in [-0.25, -0.2) is 4.79 Å². The Morgan fingerprint density at radius 1 is 1.11 bits per heavy atom. The van der Waals surface area contributed by atoms with Crippen LogP contribution in [-0.4, -0.2) is 35.5 Å². The van der Waals surface area contributed by atoms with Gasteiger partial charge in [-0.15, -0.1) is 10.2 Å². The maximum Gasteiger partial charge on any atom is 0.342 e. The van der Waals surface area contributed by atoms with E-state index in [0.717, 1.165) is 11.8 Å². The van der Waals surface area contributed by atoms with E-state index in [1.807, 2.05) is 0 Å². The van der Waals surface area contributed by atoms with Crippen LogP contribution < -0.4 is 9.47 Å². The molecule has 144 valence electrons. The number of halogens is 1. The first-order valence-corrected chi connectivity index (χ1v) is 9.14. The van der Waals surface area contributed by atoms with Crippen LogP contribution in [0.5, 0.6) is 11.5 Å². The van der Waals surface area contributed by atoms with Crippen LogP contribution in [0, 0.1) is 0 Å². The van der Waals surface area contributed by atoms with Gasteiger partial charge in [-0.2, -0.15) is 0 Å². The van der Waals surface area contributed by atoms with Crippen molar-refractivity contribution in [3.05, 3.63) is 58.0 Å². The molecule has 7 nitrogen and oxygen atoms in total. The fraction of sp³-hybridized carbons (Fsp3) is 0.105. The number of thioether (sulfide) groups is 1. The summed E-state index contributed by atoms with van der Waals surface area (Å²) in [5.41, 5.74) is 1.31. The number of hydrogen-bond acceptors (Lipinski definition) is 7. The summed E-state index contributed by atoms with van der Waals surface area (Å²) < 4.78 is 16.0. The minimum atomic E-state index is -1.12. The number of aromatic nitrogens is 2. The monoisotopic (exact) mass is 418 g/mol.